The van der Waals surface area contributed by atoms with Gasteiger partial charge in [0.25, 0.3) is 0 Å². The molecular weight excluding hydrogens is 529 g/mol. The van der Waals surface area contributed by atoms with E-state index in [4.69, 9.17) is 4.42 Å². The van der Waals surface area contributed by atoms with E-state index in [1.54, 1.807) is 0 Å². The summed E-state index contributed by atoms with van der Waals surface area (Å²) in [5.74, 6) is 1.14. The van der Waals surface area contributed by atoms with Crippen molar-refractivity contribution >= 4 is 22.7 Å². The molecular formula is C40H26OS. The Labute approximate surface area is 249 Å². The van der Waals surface area contributed by atoms with Crippen molar-refractivity contribution in [2.75, 3.05) is 0 Å². The molecule has 3 heterocycles. The van der Waals surface area contributed by atoms with E-state index in [9.17, 15) is 0 Å². The van der Waals surface area contributed by atoms with Gasteiger partial charge in [-0.05, 0) is 62.2 Å². The Hall–Kier alpha value is -4.79. The molecule has 0 spiro atoms. The van der Waals surface area contributed by atoms with E-state index in [1.165, 1.54) is 61.0 Å². The Bertz CT molecular complexity index is 2090. The first-order valence-electron chi connectivity index (χ1n) is 14.5. The van der Waals surface area contributed by atoms with Crippen LogP contribution >= 0.6 is 11.8 Å². The van der Waals surface area contributed by atoms with Crippen LogP contribution in [-0.4, -0.2) is 0 Å². The molecule has 6 aromatic carbocycles. The summed E-state index contributed by atoms with van der Waals surface area (Å²) >= 11 is 2.02. The number of thioether (sulfide) groups is 1. The maximum absolute atomic E-state index is 6.85. The maximum atomic E-state index is 6.85. The van der Waals surface area contributed by atoms with Crippen LogP contribution in [0.3, 0.4) is 0 Å². The fourth-order valence-corrected chi connectivity index (χ4v) is 8.41. The Morgan fingerprint density at radius 2 is 0.905 bits per heavy atom. The summed E-state index contributed by atoms with van der Waals surface area (Å²) in [7, 11) is 0. The van der Waals surface area contributed by atoms with Gasteiger partial charge < -0.3 is 4.42 Å². The number of benzene rings is 6. The molecule has 0 radical (unpaired) electrons. The van der Waals surface area contributed by atoms with Crippen LogP contribution in [-0.2, 0) is 0 Å². The van der Waals surface area contributed by atoms with Crippen molar-refractivity contribution in [1.82, 2.24) is 0 Å². The zero-order valence-corrected chi connectivity index (χ0v) is 23.6. The van der Waals surface area contributed by atoms with Crippen LogP contribution < -0.4 is 0 Å². The quantitative estimate of drug-likeness (QED) is 0.215. The van der Waals surface area contributed by atoms with Crippen LogP contribution in [0.5, 0.6) is 0 Å². The van der Waals surface area contributed by atoms with E-state index in [1.807, 2.05) is 11.8 Å². The fourth-order valence-electron chi connectivity index (χ4n) is 6.74. The van der Waals surface area contributed by atoms with Gasteiger partial charge in [-0.1, -0.05) is 133 Å². The third kappa shape index (κ3) is 3.65. The van der Waals surface area contributed by atoms with Gasteiger partial charge in [-0.2, -0.15) is 0 Å². The molecule has 2 heteroatoms. The van der Waals surface area contributed by atoms with Gasteiger partial charge >= 0.3 is 0 Å². The van der Waals surface area contributed by atoms with Crippen LogP contribution in [0.25, 0.3) is 55.5 Å². The van der Waals surface area contributed by atoms with Gasteiger partial charge in [0.2, 0.25) is 0 Å². The first-order chi connectivity index (χ1) is 20.8. The highest BCUT2D eigenvalue weighted by Crippen LogP contribution is 2.66. The predicted octanol–water partition coefficient (Wildman–Crippen LogP) is 11.3. The SMILES string of the molecule is c1ccc(-c2ccc(-c3cc(-c4ccc(-c5ccccc5)cc4)c4oc5c(c4c3)C3SC5c4ccccc43)cc2)cc1. The third-order valence-corrected chi connectivity index (χ3v) is 10.3. The molecule has 0 saturated heterocycles. The molecule has 9 rings (SSSR count). The van der Waals surface area contributed by atoms with Crippen molar-refractivity contribution < 1.29 is 4.42 Å². The topological polar surface area (TPSA) is 13.1 Å². The number of fused-ring (bicyclic) bond motifs is 10. The molecule has 2 aliphatic heterocycles. The molecule has 0 aliphatic carbocycles. The molecule has 1 aromatic heterocycles. The highest BCUT2D eigenvalue weighted by atomic mass is 32.2. The zero-order chi connectivity index (χ0) is 27.6. The molecule has 2 atom stereocenters. The lowest BCUT2D eigenvalue weighted by atomic mass is 9.87. The lowest BCUT2D eigenvalue weighted by Crippen LogP contribution is -2.00. The molecule has 42 heavy (non-hydrogen) atoms. The van der Waals surface area contributed by atoms with Crippen molar-refractivity contribution in [2.24, 2.45) is 0 Å². The van der Waals surface area contributed by atoms with Crippen LogP contribution in [0.2, 0.25) is 0 Å². The normalized spacial score (nSPS) is 16.5. The van der Waals surface area contributed by atoms with Gasteiger partial charge in [0.05, 0.1) is 10.5 Å². The molecule has 7 aromatic rings. The molecule has 2 aliphatic rings. The molecule has 1 nitrogen and oxygen atoms in total. The van der Waals surface area contributed by atoms with E-state index in [-0.39, 0.29) is 5.25 Å². The zero-order valence-electron chi connectivity index (χ0n) is 22.8. The van der Waals surface area contributed by atoms with Crippen LogP contribution in [0, 0.1) is 0 Å². The van der Waals surface area contributed by atoms with E-state index in [2.05, 4.69) is 146 Å². The smallest absolute Gasteiger partial charge is 0.142 e. The fraction of sp³-hybridized carbons (Fsp3) is 0.0500. The van der Waals surface area contributed by atoms with Gasteiger partial charge in [0, 0.05) is 16.5 Å². The summed E-state index contributed by atoms with van der Waals surface area (Å²) in [5.41, 5.74) is 14.9. The largest absolute Gasteiger partial charge is 0.459 e. The minimum Gasteiger partial charge on any atom is -0.459 e. The summed E-state index contributed by atoms with van der Waals surface area (Å²) in [4.78, 5) is 0. The predicted molar refractivity (Wildman–Crippen MR) is 176 cm³/mol. The van der Waals surface area contributed by atoms with Gasteiger partial charge in [0.15, 0.2) is 0 Å². The Balaban J connectivity index is 1.21. The molecule has 2 bridgehead atoms. The van der Waals surface area contributed by atoms with Crippen molar-refractivity contribution in [2.45, 2.75) is 10.5 Å². The molecule has 0 fully saturated rings. The average molecular weight is 555 g/mol. The second kappa shape index (κ2) is 9.37. The van der Waals surface area contributed by atoms with E-state index < -0.39 is 0 Å². The summed E-state index contributed by atoms with van der Waals surface area (Å²) in [6, 6.07) is 52.6. The number of hydrogen-bond donors (Lipinski definition) is 0. The molecule has 198 valence electrons. The van der Waals surface area contributed by atoms with E-state index >= 15 is 0 Å². The molecule has 2 unspecified atom stereocenters. The summed E-state index contributed by atoms with van der Waals surface area (Å²) < 4.78 is 6.85. The highest BCUT2D eigenvalue weighted by molar-refractivity contribution is 8.00. The summed E-state index contributed by atoms with van der Waals surface area (Å²) in [6.45, 7) is 0. The van der Waals surface area contributed by atoms with E-state index in [0.29, 0.717) is 5.25 Å². The van der Waals surface area contributed by atoms with Gasteiger partial charge in [-0.25, -0.2) is 0 Å². The Morgan fingerprint density at radius 3 is 1.50 bits per heavy atom. The molecule has 0 saturated carbocycles. The number of rotatable bonds is 4. The summed E-state index contributed by atoms with van der Waals surface area (Å²) in [6.07, 6.45) is 0. The van der Waals surface area contributed by atoms with E-state index in [0.717, 1.165) is 16.9 Å². The van der Waals surface area contributed by atoms with Crippen molar-refractivity contribution in [3.63, 3.8) is 0 Å². The Morgan fingerprint density at radius 1 is 0.429 bits per heavy atom. The van der Waals surface area contributed by atoms with Crippen molar-refractivity contribution in [1.29, 1.82) is 0 Å². The lowest BCUT2D eigenvalue weighted by Gasteiger charge is -2.13. The second-order valence-corrected chi connectivity index (χ2v) is 12.4. The standard InChI is InChI=1S/C40H26OS/c1-3-9-25(10-4-1)27-15-17-29(18-16-27)31-23-34(30-21-19-28(20-22-30)26-11-5-2-6-12-26)37-35(24-31)36-38(41-37)40-33-14-8-7-13-32(33)39(36)42-40/h1-24,39-40H. The van der Waals surface area contributed by atoms with Gasteiger partial charge in [-0.3, -0.25) is 0 Å². The number of hydrogen-bond acceptors (Lipinski definition) is 2. The minimum absolute atomic E-state index is 0.274. The number of furan rings is 1. The lowest BCUT2D eigenvalue weighted by molar-refractivity contribution is 0.556. The molecule has 0 N–H and O–H groups in total. The van der Waals surface area contributed by atoms with Gasteiger partial charge in [0.1, 0.15) is 11.3 Å². The van der Waals surface area contributed by atoms with Crippen molar-refractivity contribution in [3.8, 4) is 44.5 Å². The van der Waals surface area contributed by atoms with Crippen LogP contribution in [0.15, 0.2) is 150 Å². The molecule has 0 amide bonds. The first-order valence-corrected chi connectivity index (χ1v) is 15.4. The van der Waals surface area contributed by atoms with Crippen LogP contribution in [0.4, 0.5) is 0 Å². The van der Waals surface area contributed by atoms with Gasteiger partial charge in [-0.15, -0.1) is 11.8 Å². The first kappa shape index (κ1) is 23.9. The van der Waals surface area contributed by atoms with Crippen LogP contribution in [0.1, 0.15) is 33.0 Å². The Kier molecular flexibility index (Phi) is 5.33. The second-order valence-electron chi connectivity index (χ2n) is 11.2. The van der Waals surface area contributed by atoms with Crippen molar-refractivity contribution in [3.05, 3.63) is 168 Å². The summed E-state index contributed by atoms with van der Waals surface area (Å²) in [5, 5.41) is 1.84. The monoisotopic (exact) mass is 554 g/mol. The maximum Gasteiger partial charge on any atom is 0.142 e. The minimum atomic E-state index is 0.274. The third-order valence-electron chi connectivity index (χ3n) is 8.82. The highest BCUT2D eigenvalue weighted by Gasteiger charge is 2.46. The average Bonchev–Trinajstić information content (AvgIpc) is 3.75.